The van der Waals surface area contributed by atoms with Crippen LogP contribution in [0.3, 0.4) is 0 Å². The van der Waals surface area contributed by atoms with E-state index in [1.54, 1.807) is 6.20 Å². The zero-order valence-electron chi connectivity index (χ0n) is 9.57. The van der Waals surface area contributed by atoms with Gasteiger partial charge in [-0.1, -0.05) is 28.1 Å². The van der Waals surface area contributed by atoms with Gasteiger partial charge in [0, 0.05) is 16.2 Å². The highest BCUT2D eigenvalue weighted by molar-refractivity contribution is 9.10. The predicted molar refractivity (Wildman–Crippen MR) is 69.9 cm³/mol. The lowest BCUT2D eigenvalue weighted by atomic mass is 10.1. The first-order chi connectivity index (χ1) is 8.08. The Morgan fingerprint density at radius 3 is 2.41 bits per heavy atom. The van der Waals surface area contributed by atoms with Crippen molar-refractivity contribution in [3.63, 3.8) is 0 Å². The van der Waals surface area contributed by atoms with Crippen molar-refractivity contribution in [3.05, 3.63) is 46.2 Å². The number of aromatic nitrogens is 2. The molecule has 0 saturated carbocycles. The lowest BCUT2D eigenvalue weighted by molar-refractivity contribution is 0.101. The van der Waals surface area contributed by atoms with Crippen molar-refractivity contribution < 1.29 is 4.79 Å². The molecule has 0 atom stereocenters. The van der Waals surface area contributed by atoms with Gasteiger partial charge in [0.15, 0.2) is 11.6 Å². The van der Waals surface area contributed by atoms with Crippen LogP contribution in [-0.4, -0.2) is 15.8 Å². The lowest BCUT2D eigenvalue weighted by Gasteiger charge is -2.04. The largest absolute Gasteiger partial charge is 0.294 e. The van der Waals surface area contributed by atoms with Crippen LogP contribution in [0, 0.1) is 6.92 Å². The first kappa shape index (κ1) is 11.9. The van der Waals surface area contributed by atoms with Gasteiger partial charge >= 0.3 is 0 Å². The number of nitrogens with zero attached hydrogens (tertiary/aromatic N) is 2. The number of rotatable bonds is 2. The molecule has 1 aromatic heterocycles. The summed E-state index contributed by atoms with van der Waals surface area (Å²) in [4.78, 5) is 19.8. The standard InChI is InChI=1S/C13H11BrN2O/c1-8-12(9(2)17)7-15-13(16-8)10-3-5-11(14)6-4-10/h3-7H,1-2H3. The van der Waals surface area contributed by atoms with Crippen LogP contribution in [0.4, 0.5) is 0 Å². The molecule has 4 heteroatoms. The van der Waals surface area contributed by atoms with Crippen molar-refractivity contribution in [2.24, 2.45) is 0 Å². The molecular formula is C13H11BrN2O. The van der Waals surface area contributed by atoms with Crippen LogP contribution in [-0.2, 0) is 0 Å². The first-order valence-electron chi connectivity index (χ1n) is 5.18. The molecule has 0 saturated heterocycles. The average Bonchev–Trinajstić information content (AvgIpc) is 2.29. The van der Waals surface area contributed by atoms with Crippen LogP contribution in [0.15, 0.2) is 34.9 Å². The molecule has 3 nitrogen and oxygen atoms in total. The van der Waals surface area contributed by atoms with Gasteiger partial charge in [-0.05, 0) is 26.0 Å². The van der Waals surface area contributed by atoms with E-state index in [0.717, 1.165) is 10.0 Å². The summed E-state index contributed by atoms with van der Waals surface area (Å²) in [6.45, 7) is 3.34. The van der Waals surface area contributed by atoms with Crippen molar-refractivity contribution in [3.8, 4) is 11.4 Å². The van der Waals surface area contributed by atoms with Gasteiger partial charge in [0.2, 0.25) is 0 Å². The maximum absolute atomic E-state index is 11.3. The van der Waals surface area contributed by atoms with E-state index in [9.17, 15) is 4.79 Å². The van der Waals surface area contributed by atoms with E-state index in [-0.39, 0.29) is 5.78 Å². The Kier molecular flexibility index (Phi) is 3.33. The van der Waals surface area contributed by atoms with Gasteiger partial charge in [-0.15, -0.1) is 0 Å². The fourth-order valence-electron chi connectivity index (χ4n) is 1.55. The smallest absolute Gasteiger partial charge is 0.163 e. The fourth-order valence-corrected chi connectivity index (χ4v) is 1.82. The van der Waals surface area contributed by atoms with E-state index < -0.39 is 0 Å². The van der Waals surface area contributed by atoms with Crippen LogP contribution >= 0.6 is 15.9 Å². The molecule has 0 spiro atoms. The summed E-state index contributed by atoms with van der Waals surface area (Å²) in [6, 6.07) is 7.75. The summed E-state index contributed by atoms with van der Waals surface area (Å²) in [5.74, 6) is 0.629. The molecule has 1 heterocycles. The number of halogens is 1. The van der Waals surface area contributed by atoms with Gasteiger partial charge in [0.05, 0.1) is 11.3 Å². The number of hydrogen-bond acceptors (Lipinski definition) is 3. The minimum atomic E-state index is -0.00939. The van der Waals surface area contributed by atoms with Crippen LogP contribution in [0.1, 0.15) is 23.0 Å². The summed E-state index contributed by atoms with van der Waals surface area (Å²) in [7, 11) is 0. The zero-order chi connectivity index (χ0) is 12.4. The molecule has 0 fully saturated rings. The Bertz CT molecular complexity index is 564. The number of benzene rings is 1. The summed E-state index contributed by atoms with van der Waals surface area (Å²) in [5, 5.41) is 0. The average molecular weight is 291 g/mol. The normalized spacial score (nSPS) is 10.3. The van der Waals surface area contributed by atoms with E-state index in [4.69, 9.17) is 0 Å². The van der Waals surface area contributed by atoms with Gasteiger partial charge in [-0.25, -0.2) is 9.97 Å². The van der Waals surface area contributed by atoms with Gasteiger partial charge < -0.3 is 0 Å². The molecule has 0 N–H and O–H groups in total. The number of carbonyl (C=O) groups excluding carboxylic acids is 1. The molecule has 0 aliphatic rings. The van der Waals surface area contributed by atoms with Crippen LogP contribution in [0.25, 0.3) is 11.4 Å². The van der Waals surface area contributed by atoms with Crippen molar-refractivity contribution in [1.82, 2.24) is 9.97 Å². The van der Waals surface area contributed by atoms with Crippen LogP contribution in [0.5, 0.6) is 0 Å². The number of hydrogen-bond donors (Lipinski definition) is 0. The van der Waals surface area contributed by atoms with Crippen molar-refractivity contribution in [2.45, 2.75) is 13.8 Å². The van der Waals surface area contributed by atoms with Gasteiger partial charge in [0.25, 0.3) is 0 Å². The summed E-state index contributed by atoms with van der Waals surface area (Å²) in [5.41, 5.74) is 2.22. The molecule has 0 unspecified atom stereocenters. The maximum atomic E-state index is 11.3. The third-order valence-corrected chi connectivity index (χ3v) is 2.99. The van der Waals surface area contributed by atoms with E-state index >= 15 is 0 Å². The molecule has 0 radical (unpaired) electrons. The molecule has 86 valence electrons. The second-order valence-corrected chi connectivity index (χ2v) is 4.67. The van der Waals surface area contributed by atoms with Gasteiger partial charge in [-0.2, -0.15) is 0 Å². The molecule has 0 amide bonds. The Morgan fingerprint density at radius 1 is 1.24 bits per heavy atom. The first-order valence-corrected chi connectivity index (χ1v) is 5.98. The molecule has 0 aliphatic carbocycles. The Hall–Kier alpha value is -1.55. The van der Waals surface area contributed by atoms with E-state index in [2.05, 4.69) is 25.9 Å². The molecule has 17 heavy (non-hydrogen) atoms. The van der Waals surface area contributed by atoms with E-state index in [0.29, 0.717) is 17.1 Å². The molecule has 0 bridgehead atoms. The van der Waals surface area contributed by atoms with Gasteiger partial charge in [-0.3, -0.25) is 4.79 Å². The van der Waals surface area contributed by atoms with Crippen LogP contribution in [0.2, 0.25) is 0 Å². The Balaban J connectivity index is 2.44. The summed E-state index contributed by atoms with van der Waals surface area (Å²) >= 11 is 3.38. The highest BCUT2D eigenvalue weighted by Crippen LogP contribution is 2.19. The number of aryl methyl sites for hydroxylation is 1. The second-order valence-electron chi connectivity index (χ2n) is 3.76. The third kappa shape index (κ3) is 2.58. The highest BCUT2D eigenvalue weighted by Gasteiger charge is 2.08. The third-order valence-electron chi connectivity index (χ3n) is 2.46. The predicted octanol–water partition coefficient (Wildman–Crippen LogP) is 3.42. The lowest BCUT2D eigenvalue weighted by Crippen LogP contribution is -2.01. The maximum Gasteiger partial charge on any atom is 0.163 e. The zero-order valence-corrected chi connectivity index (χ0v) is 11.2. The summed E-state index contributed by atoms with van der Waals surface area (Å²) in [6.07, 6.45) is 1.59. The van der Waals surface area contributed by atoms with Crippen molar-refractivity contribution >= 4 is 21.7 Å². The minimum absolute atomic E-state index is 0.00939. The molecule has 2 aromatic rings. The molecular weight excluding hydrogens is 280 g/mol. The fraction of sp³-hybridized carbons (Fsp3) is 0.154. The quantitative estimate of drug-likeness (QED) is 0.796. The monoisotopic (exact) mass is 290 g/mol. The molecule has 0 aliphatic heterocycles. The number of ketones is 1. The van der Waals surface area contributed by atoms with E-state index in [1.165, 1.54) is 6.92 Å². The SMILES string of the molecule is CC(=O)c1cnc(-c2ccc(Br)cc2)nc1C. The Labute approximate surface area is 108 Å². The second kappa shape index (κ2) is 4.75. The van der Waals surface area contributed by atoms with E-state index in [1.807, 2.05) is 31.2 Å². The highest BCUT2D eigenvalue weighted by atomic mass is 79.9. The molecule has 1 aromatic carbocycles. The minimum Gasteiger partial charge on any atom is -0.294 e. The topological polar surface area (TPSA) is 42.9 Å². The van der Waals surface area contributed by atoms with Crippen molar-refractivity contribution in [1.29, 1.82) is 0 Å². The van der Waals surface area contributed by atoms with Crippen molar-refractivity contribution in [2.75, 3.05) is 0 Å². The number of Topliss-reactive ketones (excluding diaryl/α,β-unsaturated/α-hetero) is 1. The van der Waals surface area contributed by atoms with Crippen LogP contribution < -0.4 is 0 Å². The molecule has 2 rings (SSSR count). The number of carbonyl (C=O) groups is 1. The Morgan fingerprint density at radius 2 is 1.88 bits per heavy atom. The van der Waals surface area contributed by atoms with Gasteiger partial charge in [0.1, 0.15) is 0 Å². The summed E-state index contributed by atoms with van der Waals surface area (Å²) < 4.78 is 1.01.